The molecule has 286 valence electrons. The van der Waals surface area contributed by atoms with Gasteiger partial charge in [0.1, 0.15) is 30.2 Å². The lowest BCUT2D eigenvalue weighted by molar-refractivity contribution is -0.141. The summed E-state index contributed by atoms with van der Waals surface area (Å²) in [7, 11) is 0. The van der Waals surface area contributed by atoms with Crippen LogP contribution in [0, 0.1) is 11.8 Å². The number of hydrogen-bond donors (Lipinski definition) is 8. The molecule has 0 bridgehead atoms. The molecule has 0 saturated heterocycles. The first-order chi connectivity index (χ1) is 24.7. The summed E-state index contributed by atoms with van der Waals surface area (Å²) in [5, 5.41) is 22.8. The molecule has 5 amide bonds. The number of carbonyl (C=O) groups excluding carboxylic acids is 5. The van der Waals surface area contributed by atoms with Crippen molar-refractivity contribution >= 4 is 35.5 Å². The van der Waals surface area contributed by atoms with Crippen molar-refractivity contribution in [3.05, 3.63) is 71.8 Å². The molecule has 0 radical (unpaired) electrons. The number of hydrogen-bond acceptors (Lipinski definition) is 8. The number of nitrogens with one attached hydrogen (secondary N) is 5. The maximum atomic E-state index is 14.0. The van der Waals surface area contributed by atoms with Crippen LogP contribution in [0.3, 0.4) is 0 Å². The normalized spacial score (nSPS) is 15.2. The summed E-state index contributed by atoms with van der Waals surface area (Å²) >= 11 is 0. The minimum atomic E-state index is -1.24. The lowest BCUT2D eigenvalue weighted by Gasteiger charge is -2.30. The third kappa shape index (κ3) is 14.4. The second-order valence-corrected chi connectivity index (χ2v) is 13.6. The second kappa shape index (κ2) is 22.2. The van der Waals surface area contributed by atoms with E-state index in [1.807, 2.05) is 19.9 Å². The smallest absolute Gasteiger partial charge is 0.325 e. The predicted molar refractivity (Wildman–Crippen MR) is 198 cm³/mol. The van der Waals surface area contributed by atoms with Gasteiger partial charge in [0.15, 0.2) is 0 Å². The Morgan fingerprint density at radius 2 is 1.10 bits per heavy atom. The van der Waals surface area contributed by atoms with Crippen molar-refractivity contribution in [3.63, 3.8) is 0 Å². The van der Waals surface area contributed by atoms with Crippen LogP contribution in [0.4, 0.5) is 0 Å². The van der Waals surface area contributed by atoms with Gasteiger partial charge in [-0.25, -0.2) is 0 Å². The molecule has 0 aliphatic carbocycles. The van der Waals surface area contributed by atoms with E-state index < -0.39 is 77.7 Å². The summed E-state index contributed by atoms with van der Waals surface area (Å²) in [5.41, 5.74) is 13.1. The van der Waals surface area contributed by atoms with E-state index in [9.17, 15) is 33.9 Å². The average Bonchev–Trinajstić information content (AvgIpc) is 3.12. The fourth-order valence-electron chi connectivity index (χ4n) is 5.41. The molecule has 0 fully saturated rings. The molecule has 0 spiro atoms. The summed E-state index contributed by atoms with van der Waals surface area (Å²) in [6, 6.07) is 11.4. The van der Waals surface area contributed by atoms with Crippen LogP contribution >= 0.6 is 0 Å². The number of rotatable bonds is 22. The molecule has 10 N–H and O–H groups in total. The van der Waals surface area contributed by atoms with Gasteiger partial charge in [-0.2, -0.15) is 0 Å². The minimum absolute atomic E-state index is 0.0516. The molecule has 0 aliphatic heterocycles. The van der Waals surface area contributed by atoms with E-state index in [2.05, 4.69) is 26.6 Å². The van der Waals surface area contributed by atoms with Crippen LogP contribution < -0.4 is 38.1 Å². The Morgan fingerprint density at radius 3 is 1.56 bits per heavy atom. The van der Waals surface area contributed by atoms with Crippen molar-refractivity contribution in [2.45, 2.75) is 109 Å². The topological polar surface area (TPSA) is 235 Å². The number of unbranched alkanes of at least 4 members (excludes halogenated alkanes) is 1. The molecule has 0 saturated carbocycles. The summed E-state index contributed by atoms with van der Waals surface area (Å²) < 4.78 is 0. The monoisotopic (exact) mass is 723 g/mol. The zero-order valence-electron chi connectivity index (χ0n) is 30.9. The van der Waals surface area contributed by atoms with Crippen LogP contribution in [0.5, 0.6) is 0 Å². The van der Waals surface area contributed by atoms with Crippen molar-refractivity contribution < 1.29 is 33.9 Å². The van der Waals surface area contributed by atoms with Crippen molar-refractivity contribution in [1.82, 2.24) is 26.6 Å². The molecular weight excluding hydrogens is 666 g/mol. The standard InChI is InChI=1S/C38H57N7O7/c1-6-24(4)32(45-33(46)28(40)19-13-14-20-39)37(50)44-31(23(2)3)36(49)43-30(22-27-17-11-8-12-18-27)35(48)42-29(21-26-15-9-7-10-16-26)34(47)41-25(5)38(51)52/h7-12,15-18,23-25,28-32H,6,13-14,19-22,39-40H2,1-5H3,(H,41,47)(H,42,48)(H,43,49)(H,44,50)(H,45,46)(H,51,52)/t24-,25+,28+,29+,30+,31+,32+/m0/s1. The van der Waals surface area contributed by atoms with Crippen LogP contribution in [-0.4, -0.2) is 83.4 Å². The third-order valence-electron chi connectivity index (χ3n) is 8.91. The van der Waals surface area contributed by atoms with Gasteiger partial charge < -0.3 is 43.2 Å². The Kier molecular flexibility index (Phi) is 18.5. The first-order valence-electron chi connectivity index (χ1n) is 18.0. The van der Waals surface area contributed by atoms with E-state index in [4.69, 9.17) is 11.5 Å². The number of carbonyl (C=O) groups is 6. The molecule has 52 heavy (non-hydrogen) atoms. The molecule has 2 rings (SSSR count). The maximum absolute atomic E-state index is 14.0. The highest BCUT2D eigenvalue weighted by Gasteiger charge is 2.35. The number of amides is 5. The molecule has 2 aromatic carbocycles. The number of nitrogens with two attached hydrogens (primary N) is 2. The van der Waals surface area contributed by atoms with E-state index >= 15 is 0 Å². The quantitative estimate of drug-likeness (QED) is 0.0813. The van der Waals surface area contributed by atoms with Gasteiger partial charge in [0.25, 0.3) is 0 Å². The first kappa shape index (κ1) is 43.3. The van der Waals surface area contributed by atoms with Gasteiger partial charge in [-0.3, -0.25) is 28.8 Å². The zero-order valence-corrected chi connectivity index (χ0v) is 30.9. The Bertz CT molecular complexity index is 1460. The fraction of sp³-hybridized carbons (Fsp3) is 0.526. The second-order valence-electron chi connectivity index (χ2n) is 13.6. The summed E-state index contributed by atoms with van der Waals surface area (Å²) in [6.07, 6.45) is 2.46. The van der Waals surface area contributed by atoms with Crippen molar-refractivity contribution in [2.24, 2.45) is 23.3 Å². The molecule has 14 nitrogen and oxygen atoms in total. The summed E-state index contributed by atoms with van der Waals surface area (Å²) in [6.45, 7) is 8.97. The van der Waals surface area contributed by atoms with Crippen molar-refractivity contribution in [3.8, 4) is 0 Å². The molecular formula is C38H57N7O7. The molecule has 0 unspecified atom stereocenters. The number of carboxylic acid groups (broad SMARTS) is 1. The number of carboxylic acids is 1. The van der Waals surface area contributed by atoms with Gasteiger partial charge in [-0.15, -0.1) is 0 Å². The van der Waals surface area contributed by atoms with E-state index in [-0.39, 0.29) is 18.8 Å². The SMILES string of the molecule is CC[C@H](C)[C@@H](NC(=O)[C@H](N)CCCCN)C(=O)N[C@@H](C(=O)N[C@H](Cc1ccccc1)C(=O)N[C@H](Cc1ccccc1)C(=O)N[C@H](C)C(=O)O)C(C)C. The molecule has 2 aromatic rings. The molecule has 0 aromatic heterocycles. The predicted octanol–water partition coefficient (Wildman–Crippen LogP) is 1.16. The Balaban J connectivity index is 2.34. The highest BCUT2D eigenvalue weighted by Crippen LogP contribution is 2.13. The van der Waals surface area contributed by atoms with Crippen LogP contribution in [-0.2, 0) is 41.6 Å². The van der Waals surface area contributed by atoms with E-state index in [0.29, 0.717) is 25.8 Å². The average molecular weight is 724 g/mol. The molecule has 14 heteroatoms. The van der Waals surface area contributed by atoms with Gasteiger partial charge in [0, 0.05) is 12.8 Å². The Labute approximate surface area is 306 Å². The van der Waals surface area contributed by atoms with Gasteiger partial charge in [-0.1, -0.05) is 101 Å². The summed E-state index contributed by atoms with van der Waals surface area (Å²) in [5.74, 6) is -5.03. The number of benzene rings is 2. The fourth-order valence-corrected chi connectivity index (χ4v) is 5.41. The van der Waals surface area contributed by atoms with Gasteiger partial charge in [0.2, 0.25) is 29.5 Å². The van der Waals surface area contributed by atoms with E-state index in [1.165, 1.54) is 6.92 Å². The lowest BCUT2D eigenvalue weighted by Crippen LogP contribution is -2.61. The number of aliphatic carboxylic acids is 1. The van der Waals surface area contributed by atoms with E-state index in [1.54, 1.807) is 68.4 Å². The van der Waals surface area contributed by atoms with Gasteiger partial charge >= 0.3 is 5.97 Å². The van der Waals surface area contributed by atoms with Crippen LogP contribution in [0.15, 0.2) is 60.7 Å². The molecule has 0 heterocycles. The highest BCUT2D eigenvalue weighted by atomic mass is 16.4. The maximum Gasteiger partial charge on any atom is 0.325 e. The van der Waals surface area contributed by atoms with Crippen molar-refractivity contribution in [2.75, 3.05) is 6.54 Å². The summed E-state index contributed by atoms with van der Waals surface area (Å²) in [4.78, 5) is 79.3. The Morgan fingerprint density at radius 1 is 0.635 bits per heavy atom. The van der Waals surface area contributed by atoms with Crippen molar-refractivity contribution in [1.29, 1.82) is 0 Å². The highest BCUT2D eigenvalue weighted by molar-refractivity contribution is 5.96. The van der Waals surface area contributed by atoms with Crippen LogP contribution in [0.1, 0.15) is 71.4 Å². The van der Waals surface area contributed by atoms with Crippen LogP contribution in [0.2, 0.25) is 0 Å². The van der Waals surface area contributed by atoms with Gasteiger partial charge in [0.05, 0.1) is 6.04 Å². The molecule has 7 atom stereocenters. The molecule has 0 aliphatic rings. The minimum Gasteiger partial charge on any atom is -0.480 e. The third-order valence-corrected chi connectivity index (χ3v) is 8.91. The zero-order chi connectivity index (χ0) is 38.8. The lowest BCUT2D eigenvalue weighted by atomic mass is 9.95. The largest absolute Gasteiger partial charge is 0.480 e. The van der Waals surface area contributed by atoms with Gasteiger partial charge in [-0.05, 0) is 49.3 Å². The van der Waals surface area contributed by atoms with Crippen LogP contribution in [0.25, 0.3) is 0 Å². The first-order valence-corrected chi connectivity index (χ1v) is 18.0. The van der Waals surface area contributed by atoms with E-state index in [0.717, 1.165) is 17.5 Å². The Hall–Kier alpha value is -4.82.